The second-order valence-electron chi connectivity index (χ2n) is 5.46. The number of carbonyl (C=O) groups is 1. The molecule has 20 heavy (non-hydrogen) atoms. The van der Waals surface area contributed by atoms with E-state index in [-0.39, 0.29) is 5.78 Å². The van der Waals surface area contributed by atoms with Gasteiger partial charge in [-0.1, -0.05) is 43.3 Å². The molecule has 1 heterocycles. The Hall–Kier alpha value is -2.16. The summed E-state index contributed by atoms with van der Waals surface area (Å²) in [7, 11) is 0. The van der Waals surface area contributed by atoms with Crippen LogP contribution in [0.3, 0.4) is 0 Å². The second-order valence-corrected chi connectivity index (χ2v) is 5.46. The maximum absolute atomic E-state index is 12.6. The minimum Gasteiger partial charge on any atom is -0.287 e. The van der Waals surface area contributed by atoms with E-state index in [1.807, 2.05) is 30.3 Å². The van der Waals surface area contributed by atoms with E-state index in [1.165, 1.54) is 0 Å². The average molecular weight is 266 g/mol. The van der Waals surface area contributed by atoms with Gasteiger partial charge >= 0.3 is 0 Å². The van der Waals surface area contributed by atoms with E-state index in [4.69, 9.17) is 0 Å². The van der Waals surface area contributed by atoms with Gasteiger partial charge in [0, 0.05) is 5.56 Å². The number of hydrogen-bond acceptors (Lipinski definition) is 2. The standard InChI is InChI=1S/C17H18N2O/c1-12-7-9-14(10-8-12)17(20)16-15(11-18-19-16)13-5-3-2-4-6-13/h2-6,9,11-12H,7-8,10H2,1H3,(H,18,19). The number of benzene rings is 1. The summed E-state index contributed by atoms with van der Waals surface area (Å²) in [6, 6.07) is 9.91. The Labute approximate surface area is 118 Å². The molecule has 0 bridgehead atoms. The molecule has 3 nitrogen and oxygen atoms in total. The maximum Gasteiger partial charge on any atom is 0.207 e. The SMILES string of the molecule is CC1CC=C(C(=O)c2[nH]ncc2-c2ccccc2)CC1. The molecular weight excluding hydrogens is 248 g/mol. The fourth-order valence-electron chi connectivity index (χ4n) is 2.63. The molecule has 3 rings (SSSR count). The summed E-state index contributed by atoms with van der Waals surface area (Å²) < 4.78 is 0. The van der Waals surface area contributed by atoms with E-state index < -0.39 is 0 Å². The van der Waals surface area contributed by atoms with Crippen LogP contribution in [-0.4, -0.2) is 16.0 Å². The third-order valence-corrected chi connectivity index (χ3v) is 3.92. The molecule has 1 unspecified atom stereocenters. The van der Waals surface area contributed by atoms with Gasteiger partial charge in [-0.3, -0.25) is 9.89 Å². The van der Waals surface area contributed by atoms with E-state index in [0.717, 1.165) is 36.0 Å². The van der Waals surface area contributed by atoms with Crippen LogP contribution >= 0.6 is 0 Å². The number of hydrogen-bond donors (Lipinski definition) is 1. The predicted octanol–water partition coefficient (Wildman–Crippen LogP) is 4.01. The topological polar surface area (TPSA) is 45.8 Å². The van der Waals surface area contributed by atoms with Gasteiger partial charge in [0.25, 0.3) is 0 Å². The molecule has 0 amide bonds. The third kappa shape index (κ3) is 2.44. The molecule has 2 aromatic rings. The van der Waals surface area contributed by atoms with Gasteiger partial charge < -0.3 is 0 Å². The van der Waals surface area contributed by atoms with Gasteiger partial charge in [0.1, 0.15) is 5.69 Å². The summed E-state index contributed by atoms with van der Waals surface area (Å²) >= 11 is 0. The largest absolute Gasteiger partial charge is 0.287 e. The smallest absolute Gasteiger partial charge is 0.207 e. The molecule has 0 radical (unpaired) electrons. The van der Waals surface area contributed by atoms with Crippen LogP contribution in [-0.2, 0) is 0 Å². The van der Waals surface area contributed by atoms with E-state index in [2.05, 4.69) is 23.2 Å². The van der Waals surface area contributed by atoms with E-state index in [0.29, 0.717) is 11.6 Å². The van der Waals surface area contributed by atoms with E-state index >= 15 is 0 Å². The van der Waals surface area contributed by atoms with Crippen molar-refractivity contribution in [3.05, 3.63) is 53.9 Å². The number of nitrogens with one attached hydrogen (secondary N) is 1. The van der Waals surface area contributed by atoms with Crippen molar-refractivity contribution in [1.29, 1.82) is 0 Å². The number of nitrogens with zero attached hydrogens (tertiary/aromatic N) is 1. The van der Waals surface area contributed by atoms with Gasteiger partial charge in [0.2, 0.25) is 5.78 Å². The number of carbonyl (C=O) groups excluding carboxylic acids is 1. The lowest BCUT2D eigenvalue weighted by Crippen LogP contribution is -2.11. The Balaban J connectivity index is 1.92. The Bertz CT molecular complexity index is 640. The van der Waals surface area contributed by atoms with Crippen molar-refractivity contribution in [3.8, 4) is 11.1 Å². The van der Waals surface area contributed by atoms with Gasteiger partial charge in [-0.05, 0) is 36.3 Å². The highest BCUT2D eigenvalue weighted by molar-refractivity contribution is 6.11. The number of rotatable bonds is 3. The van der Waals surface area contributed by atoms with Crippen molar-refractivity contribution < 1.29 is 4.79 Å². The molecule has 1 aromatic heterocycles. The number of ketones is 1. The van der Waals surface area contributed by atoms with Crippen LogP contribution in [0.2, 0.25) is 0 Å². The summed E-state index contributed by atoms with van der Waals surface area (Å²) in [6.07, 6.45) is 6.77. The summed E-state index contributed by atoms with van der Waals surface area (Å²) in [5.74, 6) is 0.773. The normalized spacial score (nSPS) is 18.6. The predicted molar refractivity (Wildman–Crippen MR) is 79.5 cm³/mol. The van der Waals surface area contributed by atoms with Crippen LogP contribution in [0.15, 0.2) is 48.2 Å². The van der Waals surface area contributed by atoms with Crippen molar-refractivity contribution in [2.24, 2.45) is 5.92 Å². The molecule has 0 aliphatic heterocycles. The Morgan fingerprint density at radius 2 is 2.10 bits per heavy atom. The van der Waals surface area contributed by atoms with Crippen molar-refractivity contribution in [2.45, 2.75) is 26.2 Å². The first-order valence-corrected chi connectivity index (χ1v) is 7.08. The minimum absolute atomic E-state index is 0.0910. The molecule has 0 saturated heterocycles. The summed E-state index contributed by atoms with van der Waals surface area (Å²) in [6.45, 7) is 2.23. The van der Waals surface area contributed by atoms with Crippen molar-refractivity contribution in [2.75, 3.05) is 0 Å². The molecule has 0 saturated carbocycles. The van der Waals surface area contributed by atoms with Crippen molar-refractivity contribution in [3.63, 3.8) is 0 Å². The van der Waals surface area contributed by atoms with Gasteiger partial charge in [0.05, 0.1) is 6.20 Å². The average Bonchev–Trinajstić information content (AvgIpc) is 2.97. The number of Topliss-reactive ketones (excluding diaryl/α,β-unsaturated/α-hetero) is 1. The lowest BCUT2D eigenvalue weighted by atomic mass is 9.87. The molecule has 1 aliphatic carbocycles. The first-order valence-electron chi connectivity index (χ1n) is 7.08. The number of H-pyrrole nitrogens is 1. The Morgan fingerprint density at radius 1 is 1.30 bits per heavy atom. The highest BCUT2D eigenvalue weighted by atomic mass is 16.1. The molecule has 1 N–H and O–H groups in total. The van der Waals surface area contributed by atoms with Crippen molar-refractivity contribution >= 4 is 5.78 Å². The minimum atomic E-state index is 0.0910. The summed E-state index contributed by atoms with van der Waals surface area (Å²) in [4.78, 5) is 12.6. The van der Waals surface area contributed by atoms with Crippen LogP contribution in [0, 0.1) is 5.92 Å². The molecule has 0 spiro atoms. The first-order chi connectivity index (χ1) is 9.75. The summed E-state index contributed by atoms with van der Waals surface area (Å²) in [5.41, 5.74) is 3.44. The number of aromatic amines is 1. The Morgan fingerprint density at radius 3 is 2.80 bits per heavy atom. The molecule has 0 fully saturated rings. The molecule has 102 valence electrons. The van der Waals surface area contributed by atoms with E-state index in [9.17, 15) is 4.79 Å². The summed E-state index contributed by atoms with van der Waals surface area (Å²) in [5, 5.41) is 6.93. The Kier molecular flexibility index (Phi) is 3.50. The quantitative estimate of drug-likeness (QED) is 0.853. The van der Waals surface area contributed by atoms with E-state index in [1.54, 1.807) is 6.20 Å². The zero-order valence-corrected chi connectivity index (χ0v) is 11.6. The van der Waals surface area contributed by atoms with Crippen LogP contribution in [0.1, 0.15) is 36.7 Å². The van der Waals surface area contributed by atoms with Gasteiger partial charge in [-0.15, -0.1) is 0 Å². The van der Waals surface area contributed by atoms with Crippen LogP contribution in [0.4, 0.5) is 0 Å². The number of allylic oxidation sites excluding steroid dienone is 2. The molecule has 1 aliphatic rings. The molecular formula is C17H18N2O. The maximum atomic E-state index is 12.6. The van der Waals surface area contributed by atoms with Crippen LogP contribution in [0.5, 0.6) is 0 Å². The van der Waals surface area contributed by atoms with Crippen molar-refractivity contribution in [1.82, 2.24) is 10.2 Å². The van der Waals surface area contributed by atoms with Gasteiger partial charge in [-0.2, -0.15) is 5.10 Å². The van der Waals surface area contributed by atoms with Gasteiger partial charge in [-0.25, -0.2) is 0 Å². The molecule has 1 aromatic carbocycles. The monoisotopic (exact) mass is 266 g/mol. The van der Waals surface area contributed by atoms with Crippen LogP contribution < -0.4 is 0 Å². The second kappa shape index (κ2) is 5.45. The lowest BCUT2D eigenvalue weighted by Gasteiger charge is -2.17. The lowest BCUT2D eigenvalue weighted by molar-refractivity contribution is 0.102. The number of aromatic nitrogens is 2. The highest BCUT2D eigenvalue weighted by Gasteiger charge is 2.21. The third-order valence-electron chi connectivity index (χ3n) is 3.92. The first kappa shape index (κ1) is 12.9. The fourth-order valence-corrected chi connectivity index (χ4v) is 2.63. The molecule has 3 heteroatoms. The highest BCUT2D eigenvalue weighted by Crippen LogP contribution is 2.28. The van der Waals surface area contributed by atoms with Gasteiger partial charge in [0.15, 0.2) is 0 Å². The van der Waals surface area contributed by atoms with Crippen LogP contribution in [0.25, 0.3) is 11.1 Å². The zero-order chi connectivity index (χ0) is 13.9. The molecule has 1 atom stereocenters. The fraction of sp³-hybridized carbons (Fsp3) is 0.294. The zero-order valence-electron chi connectivity index (χ0n) is 11.6.